The SMILES string of the molecule is COc1cnn(-c2ccccc2C(=O)[O-])n1.[K+]. The monoisotopic (exact) mass is 257 g/mol. The van der Waals surface area contributed by atoms with E-state index in [-0.39, 0.29) is 56.9 Å². The Kier molecular flexibility index (Phi) is 5.28. The first kappa shape index (κ1) is 14.3. The number of nitrogens with zero attached hydrogens (tertiary/aromatic N) is 3. The minimum Gasteiger partial charge on any atom is -0.545 e. The molecule has 0 N–H and O–H groups in total. The number of aromatic carboxylic acids is 1. The zero-order valence-electron chi connectivity index (χ0n) is 9.45. The number of aromatic nitrogens is 3. The number of carbonyl (C=O) groups excluding carboxylic acids is 1. The van der Waals surface area contributed by atoms with Crippen molar-refractivity contribution in [2.24, 2.45) is 0 Å². The van der Waals surface area contributed by atoms with E-state index in [1.165, 1.54) is 24.2 Å². The predicted octanol–water partition coefficient (Wildman–Crippen LogP) is -3.36. The molecule has 7 heteroatoms. The minimum atomic E-state index is -1.27. The van der Waals surface area contributed by atoms with Crippen molar-refractivity contribution in [1.29, 1.82) is 0 Å². The van der Waals surface area contributed by atoms with Crippen LogP contribution in [0.5, 0.6) is 5.88 Å². The fourth-order valence-electron chi connectivity index (χ4n) is 1.28. The number of benzene rings is 1. The summed E-state index contributed by atoms with van der Waals surface area (Å²) in [5, 5.41) is 18.7. The molecule has 2 aromatic rings. The summed E-state index contributed by atoms with van der Waals surface area (Å²) in [5.41, 5.74) is 0.367. The second kappa shape index (κ2) is 6.27. The summed E-state index contributed by atoms with van der Waals surface area (Å²) in [7, 11) is 1.46. The Balaban J connectivity index is 0.00000144. The zero-order valence-corrected chi connectivity index (χ0v) is 12.6. The van der Waals surface area contributed by atoms with Gasteiger partial charge < -0.3 is 14.6 Å². The molecule has 2 rings (SSSR count). The largest absolute Gasteiger partial charge is 1.00 e. The van der Waals surface area contributed by atoms with E-state index in [9.17, 15) is 9.90 Å². The van der Waals surface area contributed by atoms with Crippen LogP contribution in [-0.2, 0) is 0 Å². The molecule has 0 saturated heterocycles. The maximum Gasteiger partial charge on any atom is 1.00 e. The summed E-state index contributed by atoms with van der Waals surface area (Å²) < 4.78 is 4.86. The third-order valence-electron chi connectivity index (χ3n) is 2.02. The molecule has 0 fully saturated rings. The van der Waals surface area contributed by atoms with Gasteiger partial charge in [0.1, 0.15) is 6.20 Å². The fraction of sp³-hybridized carbons (Fsp3) is 0.100. The van der Waals surface area contributed by atoms with Gasteiger partial charge in [-0.25, -0.2) is 0 Å². The van der Waals surface area contributed by atoms with Crippen LogP contribution in [0.25, 0.3) is 5.69 Å². The molecule has 0 aliphatic heterocycles. The van der Waals surface area contributed by atoms with Crippen molar-refractivity contribution in [2.45, 2.75) is 0 Å². The average Bonchev–Trinajstić information content (AvgIpc) is 2.77. The molecule has 17 heavy (non-hydrogen) atoms. The van der Waals surface area contributed by atoms with Crippen LogP contribution in [0.15, 0.2) is 30.5 Å². The van der Waals surface area contributed by atoms with Gasteiger partial charge in [-0.3, -0.25) is 0 Å². The number of hydrogen-bond donors (Lipinski definition) is 0. The van der Waals surface area contributed by atoms with Gasteiger partial charge in [0.05, 0.1) is 18.8 Å². The van der Waals surface area contributed by atoms with Gasteiger partial charge in [0, 0.05) is 5.56 Å². The number of para-hydroxylation sites is 1. The molecule has 0 aliphatic carbocycles. The van der Waals surface area contributed by atoms with Crippen LogP contribution in [0.1, 0.15) is 10.4 Å². The molecule has 0 saturated carbocycles. The molecule has 0 unspecified atom stereocenters. The van der Waals surface area contributed by atoms with E-state index >= 15 is 0 Å². The average molecular weight is 257 g/mol. The van der Waals surface area contributed by atoms with Gasteiger partial charge in [-0.15, -0.1) is 9.90 Å². The first-order valence-corrected chi connectivity index (χ1v) is 4.49. The van der Waals surface area contributed by atoms with Crippen LogP contribution in [0.4, 0.5) is 0 Å². The van der Waals surface area contributed by atoms with Crippen molar-refractivity contribution in [1.82, 2.24) is 15.0 Å². The fourth-order valence-corrected chi connectivity index (χ4v) is 1.28. The molecule has 0 bridgehead atoms. The molecule has 0 spiro atoms. The van der Waals surface area contributed by atoms with Crippen molar-refractivity contribution in [3.8, 4) is 11.6 Å². The number of carbonyl (C=O) groups is 1. The number of methoxy groups -OCH3 is 1. The van der Waals surface area contributed by atoms with E-state index in [4.69, 9.17) is 4.74 Å². The third-order valence-corrected chi connectivity index (χ3v) is 2.02. The molecule has 82 valence electrons. The molecule has 0 aliphatic rings. The van der Waals surface area contributed by atoms with Crippen LogP contribution < -0.4 is 61.2 Å². The minimum absolute atomic E-state index is 0. The van der Waals surface area contributed by atoms with Gasteiger partial charge in [-0.1, -0.05) is 18.2 Å². The second-order valence-electron chi connectivity index (χ2n) is 2.98. The number of hydrogen-bond acceptors (Lipinski definition) is 5. The Morgan fingerprint density at radius 2 is 2.12 bits per heavy atom. The molecular formula is C10H8KN3O3. The van der Waals surface area contributed by atoms with Crippen molar-refractivity contribution in [3.63, 3.8) is 0 Å². The van der Waals surface area contributed by atoms with Crippen molar-refractivity contribution in [2.75, 3.05) is 7.11 Å². The topological polar surface area (TPSA) is 80.1 Å². The van der Waals surface area contributed by atoms with Crippen molar-refractivity contribution >= 4 is 5.97 Å². The smallest absolute Gasteiger partial charge is 0.545 e. The molecule has 6 nitrogen and oxygen atoms in total. The molecule has 1 aromatic heterocycles. The first-order valence-electron chi connectivity index (χ1n) is 4.49. The zero-order chi connectivity index (χ0) is 11.5. The summed E-state index contributed by atoms with van der Waals surface area (Å²) in [4.78, 5) is 12.0. The maximum atomic E-state index is 10.9. The Morgan fingerprint density at radius 3 is 2.71 bits per heavy atom. The Bertz CT molecular complexity index is 527. The summed E-state index contributed by atoms with van der Waals surface area (Å²) in [6, 6.07) is 6.32. The summed E-state index contributed by atoms with van der Waals surface area (Å²) in [6.45, 7) is 0. The quantitative estimate of drug-likeness (QED) is 0.537. The van der Waals surface area contributed by atoms with Gasteiger partial charge >= 0.3 is 51.4 Å². The summed E-state index contributed by atoms with van der Waals surface area (Å²) >= 11 is 0. The van der Waals surface area contributed by atoms with E-state index < -0.39 is 5.97 Å². The number of ether oxygens (including phenoxy) is 1. The number of carboxylic acid groups (broad SMARTS) is 1. The van der Waals surface area contributed by atoms with Crippen LogP contribution in [0, 0.1) is 0 Å². The van der Waals surface area contributed by atoms with E-state index in [1.54, 1.807) is 18.2 Å². The van der Waals surface area contributed by atoms with Gasteiger partial charge in [0.15, 0.2) is 0 Å². The van der Waals surface area contributed by atoms with Crippen molar-refractivity contribution in [3.05, 3.63) is 36.0 Å². The Hall–Kier alpha value is -0.734. The predicted molar refractivity (Wildman–Crippen MR) is 52.2 cm³/mol. The summed E-state index contributed by atoms with van der Waals surface area (Å²) in [6.07, 6.45) is 1.39. The summed E-state index contributed by atoms with van der Waals surface area (Å²) in [5.74, 6) is -0.958. The van der Waals surface area contributed by atoms with E-state index in [0.29, 0.717) is 11.6 Å². The first-order chi connectivity index (χ1) is 7.72. The number of rotatable bonds is 3. The van der Waals surface area contributed by atoms with Crippen LogP contribution >= 0.6 is 0 Å². The maximum absolute atomic E-state index is 10.9. The van der Waals surface area contributed by atoms with Gasteiger partial charge in [0.25, 0.3) is 5.88 Å². The normalized spacial score (nSPS) is 9.47. The van der Waals surface area contributed by atoms with Crippen LogP contribution in [0.2, 0.25) is 0 Å². The standard InChI is InChI=1S/C10H9N3O3.K/c1-16-9-6-11-13(12-9)8-5-3-2-4-7(8)10(14)15;/h2-6H,1H3,(H,14,15);/q;+1/p-1. The van der Waals surface area contributed by atoms with Gasteiger partial charge in [0.2, 0.25) is 0 Å². The van der Waals surface area contributed by atoms with Gasteiger partial charge in [-0.2, -0.15) is 5.10 Å². The van der Waals surface area contributed by atoms with E-state index in [2.05, 4.69) is 10.2 Å². The van der Waals surface area contributed by atoms with Crippen LogP contribution in [-0.4, -0.2) is 28.1 Å². The Morgan fingerprint density at radius 1 is 1.41 bits per heavy atom. The molecule has 1 aromatic carbocycles. The van der Waals surface area contributed by atoms with Crippen LogP contribution in [0.3, 0.4) is 0 Å². The van der Waals surface area contributed by atoms with E-state index in [1.807, 2.05) is 0 Å². The third kappa shape index (κ3) is 3.14. The van der Waals surface area contributed by atoms with Crippen molar-refractivity contribution < 1.29 is 66.0 Å². The van der Waals surface area contributed by atoms with E-state index in [0.717, 1.165) is 0 Å². The Labute approximate surface area is 140 Å². The molecule has 1 heterocycles. The van der Waals surface area contributed by atoms with Gasteiger partial charge in [-0.05, 0) is 6.07 Å². The number of carboxylic acids is 1. The second-order valence-corrected chi connectivity index (χ2v) is 2.98. The molecule has 0 radical (unpaired) electrons. The molecular weight excluding hydrogens is 249 g/mol. The molecule has 0 atom stereocenters. The molecule has 0 amide bonds.